The average molecular weight is 308 g/mol. The standard InChI is InChI=1S/C15H17N3O2.ClH/c16-14-13(12(19)9-18-7-3-4-8-18)10-5-1-2-6-11(10)15(20)17-14;/h1-2,5-6H,3-4,7-9H2,(H3,16,17,20);1H. The van der Waals surface area contributed by atoms with E-state index in [0.29, 0.717) is 22.9 Å². The molecule has 0 spiro atoms. The Morgan fingerprint density at radius 1 is 1.19 bits per heavy atom. The average Bonchev–Trinajstić information content (AvgIpc) is 2.91. The lowest BCUT2D eigenvalue weighted by molar-refractivity contribution is 0.0947. The summed E-state index contributed by atoms with van der Waals surface area (Å²) in [5.41, 5.74) is 6.05. The molecule has 2 heterocycles. The van der Waals surface area contributed by atoms with Gasteiger partial charge in [-0.15, -0.1) is 12.4 Å². The first-order chi connectivity index (χ1) is 9.66. The van der Waals surface area contributed by atoms with Crippen LogP contribution in [0.5, 0.6) is 0 Å². The van der Waals surface area contributed by atoms with Crippen LogP contribution in [0.15, 0.2) is 29.1 Å². The number of aromatic nitrogens is 1. The number of likely N-dealkylation sites (tertiary alicyclic amines) is 1. The third kappa shape index (κ3) is 2.94. The van der Waals surface area contributed by atoms with Gasteiger partial charge in [-0.05, 0) is 32.0 Å². The van der Waals surface area contributed by atoms with Gasteiger partial charge in [-0.2, -0.15) is 0 Å². The summed E-state index contributed by atoms with van der Waals surface area (Å²) in [5, 5.41) is 1.14. The number of fused-ring (bicyclic) bond motifs is 1. The SMILES string of the molecule is Cl.Nc1[nH]c(=O)c2ccccc2c1C(=O)CN1CCCC1. The molecule has 2 aromatic rings. The lowest BCUT2D eigenvalue weighted by Crippen LogP contribution is -2.28. The molecule has 0 unspecified atom stereocenters. The maximum atomic E-state index is 12.5. The van der Waals surface area contributed by atoms with E-state index in [1.807, 2.05) is 6.07 Å². The highest BCUT2D eigenvalue weighted by Crippen LogP contribution is 2.21. The van der Waals surface area contributed by atoms with Crippen LogP contribution < -0.4 is 11.3 Å². The van der Waals surface area contributed by atoms with Crippen LogP contribution >= 0.6 is 12.4 Å². The Morgan fingerprint density at radius 3 is 2.48 bits per heavy atom. The van der Waals surface area contributed by atoms with Crippen LogP contribution in [0, 0.1) is 0 Å². The first kappa shape index (κ1) is 15.5. The number of nitrogens with one attached hydrogen (secondary N) is 1. The maximum Gasteiger partial charge on any atom is 0.257 e. The fourth-order valence-corrected chi connectivity index (χ4v) is 2.82. The Labute approximate surface area is 128 Å². The number of H-pyrrole nitrogens is 1. The Kier molecular flexibility index (Phi) is 4.65. The van der Waals surface area contributed by atoms with Crippen LogP contribution in [-0.4, -0.2) is 35.3 Å². The third-order valence-electron chi connectivity index (χ3n) is 3.80. The molecule has 112 valence electrons. The molecule has 1 saturated heterocycles. The minimum atomic E-state index is -0.254. The number of Topliss-reactive ketones (excluding diaryl/α,β-unsaturated/α-hetero) is 1. The molecule has 0 amide bonds. The van der Waals surface area contributed by atoms with Crippen molar-refractivity contribution in [3.05, 3.63) is 40.2 Å². The minimum Gasteiger partial charge on any atom is -0.385 e. The number of aromatic amines is 1. The van der Waals surface area contributed by atoms with Crippen LogP contribution in [0.2, 0.25) is 0 Å². The maximum absolute atomic E-state index is 12.5. The smallest absolute Gasteiger partial charge is 0.257 e. The number of nitrogens with two attached hydrogens (primary N) is 1. The Morgan fingerprint density at radius 2 is 1.81 bits per heavy atom. The number of hydrogen-bond donors (Lipinski definition) is 2. The van der Waals surface area contributed by atoms with Gasteiger partial charge in [0.05, 0.1) is 12.1 Å². The van der Waals surface area contributed by atoms with Crippen molar-refractivity contribution in [1.29, 1.82) is 0 Å². The minimum absolute atomic E-state index is 0. The Balaban J connectivity index is 0.00000161. The van der Waals surface area contributed by atoms with Gasteiger partial charge in [0.15, 0.2) is 5.78 Å². The number of hydrogen-bond acceptors (Lipinski definition) is 4. The van der Waals surface area contributed by atoms with Crippen molar-refractivity contribution in [2.24, 2.45) is 0 Å². The van der Waals surface area contributed by atoms with Crippen LogP contribution in [0.3, 0.4) is 0 Å². The lowest BCUT2D eigenvalue weighted by atomic mass is 10.0. The summed E-state index contributed by atoms with van der Waals surface area (Å²) in [7, 11) is 0. The first-order valence-electron chi connectivity index (χ1n) is 6.83. The van der Waals surface area contributed by atoms with E-state index in [9.17, 15) is 9.59 Å². The largest absolute Gasteiger partial charge is 0.385 e. The number of pyridine rings is 1. The molecule has 1 aliphatic heterocycles. The van der Waals surface area contributed by atoms with E-state index in [1.165, 1.54) is 0 Å². The summed E-state index contributed by atoms with van der Waals surface area (Å²) in [5.74, 6) is 0.134. The number of carbonyl (C=O) groups excluding carboxylic acids is 1. The molecule has 0 saturated carbocycles. The molecular weight excluding hydrogens is 290 g/mol. The zero-order valence-corrected chi connectivity index (χ0v) is 12.4. The van der Waals surface area contributed by atoms with E-state index >= 15 is 0 Å². The first-order valence-corrected chi connectivity index (χ1v) is 6.83. The highest BCUT2D eigenvalue weighted by molar-refractivity contribution is 6.12. The van der Waals surface area contributed by atoms with Crippen molar-refractivity contribution in [2.45, 2.75) is 12.8 Å². The van der Waals surface area contributed by atoms with Crippen molar-refractivity contribution < 1.29 is 4.79 Å². The van der Waals surface area contributed by atoms with Gasteiger partial charge in [0.25, 0.3) is 5.56 Å². The van der Waals surface area contributed by atoms with Crippen LogP contribution in [-0.2, 0) is 0 Å². The van der Waals surface area contributed by atoms with E-state index in [0.717, 1.165) is 25.9 Å². The highest BCUT2D eigenvalue weighted by Gasteiger charge is 2.20. The molecule has 0 atom stereocenters. The van der Waals surface area contributed by atoms with E-state index in [1.54, 1.807) is 18.2 Å². The van der Waals surface area contributed by atoms with Gasteiger partial charge in [0, 0.05) is 10.8 Å². The van der Waals surface area contributed by atoms with Crippen molar-refractivity contribution in [3.8, 4) is 0 Å². The predicted molar refractivity (Wildman–Crippen MR) is 86.2 cm³/mol. The number of rotatable bonds is 3. The lowest BCUT2D eigenvalue weighted by Gasteiger charge is -2.15. The van der Waals surface area contributed by atoms with E-state index in [4.69, 9.17) is 5.73 Å². The van der Waals surface area contributed by atoms with Gasteiger partial charge in [0.1, 0.15) is 5.82 Å². The highest BCUT2D eigenvalue weighted by atomic mass is 35.5. The van der Waals surface area contributed by atoms with Crippen LogP contribution in [0.4, 0.5) is 5.82 Å². The molecular formula is C15H18ClN3O2. The van der Waals surface area contributed by atoms with E-state index in [2.05, 4.69) is 9.88 Å². The normalized spacial score (nSPS) is 15.0. The number of halogens is 1. The topological polar surface area (TPSA) is 79.2 Å². The summed E-state index contributed by atoms with van der Waals surface area (Å²) in [6.45, 7) is 2.26. The second-order valence-corrected chi connectivity index (χ2v) is 5.19. The monoisotopic (exact) mass is 307 g/mol. The van der Waals surface area contributed by atoms with Crippen molar-refractivity contribution in [2.75, 3.05) is 25.4 Å². The van der Waals surface area contributed by atoms with Gasteiger partial charge in [-0.1, -0.05) is 18.2 Å². The van der Waals surface area contributed by atoms with Crippen LogP contribution in [0.25, 0.3) is 10.8 Å². The molecule has 1 aromatic carbocycles. The summed E-state index contributed by atoms with van der Waals surface area (Å²) in [6.07, 6.45) is 2.27. The van der Waals surface area contributed by atoms with Gasteiger partial charge < -0.3 is 10.7 Å². The van der Waals surface area contributed by atoms with Crippen molar-refractivity contribution in [3.63, 3.8) is 0 Å². The number of carbonyl (C=O) groups is 1. The molecule has 6 heteroatoms. The Bertz CT molecular complexity index is 720. The molecule has 0 bridgehead atoms. The fraction of sp³-hybridized carbons (Fsp3) is 0.333. The second-order valence-electron chi connectivity index (χ2n) is 5.19. The molecule has 1 aromatic heterocycles. The molecule has 0 radical (unpaired) electrons. The van der Waals surface area contributed by atoms with Gasteiger partial charge >= 0.3 is 0 Å². The number of anilines is 1. The number of nitrogen functional groups attached to an aromatic ring is 1. The van der Waals surface area contributed by atoms with Gasteiger partial charge in [0.2, 0.25) is 0 Å². The number of nitrogens with zero attached hydrogens (tertiary/aromatic N) is 1. The summed E-state index contributed by atoms with van der Waals surface area (Å²) in [4.78, 5) is 29.1. The Hall–Kier alpha value is -1.85. The van der Waals surface area contributed by atoms with E-state index in [-0.39, 0.29) is 29.6 Å². The van der Waals surface area contributed by atoms with Crippen LogP contribution in [0.1, 0.15) is 23.2 Å². The molecule has 3 N–H and O–H groups in total. The molecule has 0 aliphatic carbocycles. The third-order valence-corrected chi connectivity index (χ3v) is 3.80. The second kappa shape index (κ2) is 6.28. The molecule has 5 nitrogen and oxygen atoms in total. The van der Waals surface area contributed by atoms with Crippen molar-refractivity contribution >= 4 is 34.8 Å². The van der Waals surface area contributed by atoms with Crippen molar-refractivity contribution in [1.82, 2.24) is 9.88 Å². The number of benzene rings is 1. The zero-order chi connectivity index (χ0) is 14.1. The molecule has 3 rings (SSSR count). The molecule has 21 heavy (non-hydrogen) atoms. The quantitative estimate of drug-likeness (QED) is 0.848. The molecule has 1 aliphatic rings. The predicted octanol–water partition coefficient (Wildman–Crippen LogP) is 1.81. The van der Waals surface area contributed by atoms with Gasteiger partial charge in [-0.25, -0.2) is 0 Å². The summed E-state index contributed by atoms with van der Waals surface area (Å²) < 4.78 is 0. The zero-order valence-electron chi connectivity index (χ0n) is 11.6. The number of ketones is 1. The summed E-state index contributed by atoms with van der Waals surface area (Å²) >= 11 is 0. The van der Waals surface area contributed by atoms with E-state index < -0.39 is 0 Å². The molecule has 1 fully saturated rings. The summed E-state index contributed by atoms with van der Waals surface area (Å²) in [6, 6.07) is 7.08. The fourth-order valence-electron chi connectivity index (χ4n) is 2.82. The van der Waals surface area contributed by atoms with Gasteiger partial charge in [-0.3, -0.25) is 14.5 Å².